The number of amides is 2. The van der Waals surface area contributed by atoms with Crippen molar-refractivity contribution in [3.8, 4) is 11.5 Å². The molecule has 200 valence electrons. The SMILES string of the molecule is O=C(NC1CCCCC1)[C@H](c1ccc(Cl)cc1)N(C(=O)Cn1nnc2ccccc21)c1ccc2c(c1)OCO2. The van der Waals surface area contributed by atoms with Gasteiger partial charge in [-0.2, -0.15) is 0 Å². The van der Waals surface area contributed by atoms with Crippen molar-refractivity contribution in [3.05, 3.63) is 77.3 Å². The van der Waals surface area contributed by atoms with E-state index in [-0.39, 0.29) is 31.2 Å². The number of para-hydroxylation sites is 1. The Hall–Kier alpha value is -4.11. The highest BCUT2D eigenvalue weighted by Gasteiger charge is 2.35. The third-order valence-electron chi connectivity index (χ3n) is 7.25. The van der Waals surface area contributed by atoms with Gasteiger partial charge in [0.15, 0.2) is 11.5 Å². The van der Waals surface area contributed by atoms with Crippen molar-refractivity contribution in [2.75, 3.05) is 11.7 Å². The van der Waals surface area contributed by atoms with Crippen molar-refractivity contribution in [2.45, 2.75) is 50.7 Å². The molecule has 1 aromatic heterocycles. The van der Waals surface area contributed by atoms with Gasteiger partial charge in [-0.1, -0.05) is 60.3 Å². The molecule has 0 bridgehead atoms. The van der Waals surface area contributed by atoms with Crippen LogP contribution in [0.4, 0.5) is 5.69 Å². The number of rotatable bonds is 7. The van der Waals surface area contributed by atoms with Crippen LogP contribution in [0.15, 0.2) is 66.7 Å². The van der Waals surface area contributed by atoms with Gasteiger partial charge < -0.3 is 14.8 Å². The monoisotopic (exact) mass is 545 g/mol. The summed E-state index contributed by atoms with van der Waals surface area (Å²) in [6.45, 7) is -0.0176. The standard InChI is InChI=1S/C29H28ClN5O4/c30-20-12-10-19(11-13-20)28(29(37)31-21-6-2-1-3-7-21)35(22-14-15-25-26(16-22)39-18-38-25)27(36)17-34-24-9-5-4-8-23(24)32-33-34/h4-5,8-16,21,28H,1-3,6-7,17-18H2,(H,31,37)/t28-/m0/s1. The molecular weight excluding hydrogens is 518 g/mol. The zero-order valence-corrected chi connectivity index (χ0v) is 22.0. The van der Waals surface area contributed by atoms with Crippen molar-refractivity contribution in [1.82, 2.24) is 20.3 Å². The molecule has 2 heterocycles. The lowest BCUT2D eigenvalue weighted by Crippen LogP contribution is -2.48. The molecule has 0 radical (unpaired) electrons. The summed E-state index contributed by atoms with van der Waals surface area (Å²) < 4.78 is 12.7. The minimum absolute atomic E-state index is 0.0639. The van der Waals surface area contributed by atoms with Crippen molar-refractivity contribution in [2.24, 2.45) is 0 Å². The number of carbonyl (C=O) groups excluding carboxylic acids is 2. The highest BCUT2D eigenvalue weighted by Crippen LogP contribution is 2.38. The number of aromatic nitrogens is 3. The maximum atomic E-state index is 14.2. The van der Waals surface area contributed by atoms with Crippen LogP contribution in [-0.4, -0.2) is 39.6 Å². The van der Waals surface area contributed by atoms with Crippen LogP contribution in [0.3, 0.4) is 0 Å². The molecule has 0 saturated heterocycles. The number of nitrogens with zero attached hydrogens (tertiary/aromatic N) is 4. The number of hydrogen-bond donors (Lipinski definition) is 1. The molecule has 10 heteroatoms. The van der Waals surface area contributed by atoms with E-state index in [0.29, 0.717) is 33.3 Å². The lowest BCUT2D eigenvalue weighted by atomic mass is 9.94. The van der Waals surface area contributed by atoms with Gasteiger partial charge in [0.05, 0.1) is 5.52 Å². The highest BCUT2D eigenvalue weighted by atomic mass is 35.5. The zero-order chi connectivity index (χ0) is 26.8. The second-order valence-electron chi connectivity index (χ2n) is 9.83. The molecule has 1 aliphatic heterocycles. The van der Waals surface area contributed by atoms with E-state index < -0.39 is 6.04 Å². The van der Waals surface area contributed by atoms with Crippen LogP contribution in [-0.2, 0) is 16.1 Å². The second-order valence-corrected chi connectivity index (χ2v) is 10.3. The topological polar surface area (TPSA) is 98.6 Å². The summed E-state index contributed by atoms with van der Waals surface area (Å²) in [5, 5.41) is 12.2. The van der Waals surface area contributed by atoms with Gasteiger partial charge in [-0.25, -0.2) is 4.68 Å². The minimum Gasteiger partial charge on any atom is -0.454 e. The van der Waals surface area contributed by atoms with E-state index in [1.54, 1.807) is 47.1 Å². The fourth-order valence-corrected chi connectivity index (χ4v) is 5.43. The van der Waals surface area contributed by atoms with Gasteiger partial charge in [-0.05, 0) is 54.8 Å². The van der Waals surface area contributed by atoms with Crippen LogP contribution in [0.5, 0.6) is 11.5 Å². The number of hydrogen-bond acceptors (Lipinski definition) is 6. The summed E-state index contributed by atoms with van der Waals surface area (Å²) in [6, 6.07) is 18.8. The Bertz CT molecular complexity index is 1500. The number of fused-ring (bicyclic) bond motifs is 2. The fourth-order valence-electron chi connectivity index (χ4n) is 5.30. The molecule has 0 spiro atoms. The van der Waals surface area contributed by atoms with E-state index >= 15 is 0 Å². The van der Waals surface area contributed by atoms with Gasteiger partial charge in [0.2, 0.25) is 18.6 Å². The van der Waals surface area contributed by atoms with E-state index in [9.17, 15) is 9.59 Å². The summed E-state index contributed by atoms with van der Waals surface area (Å²) in [7, 11) is 0. The Morgan fingerprint density at radius 1 is 1.00 bits per heavy atom. The van der Waals surface area contributed by atoms with E-state index in [4.69, 9.17) is 21.1 Å². The van der Waals surface area contributed by atoms with Crippen LogP contribution >= 0.6 is 11.6 Å². The summed E-state index contributed by atoms with van der Waals surface area (Å²) in [5.41, 5.74) is 2.56. The summed E-state index contributed by atoms with van der Waals surface area (Å²) in [5.74, 6) is 0.518. The van der Waals surface area contributed by atoms with Gasteiger partial charge in [-0.15, -0.1) is 5.10 Å². The molecule has 2 aliphatic rings. The van der Waals surface area contributed by atoms with Gasteiger partial charge in [0.1, 0.15) is 18.1 Å². The third-order valence-corrected chi connectivity index (χ3v) is 7.50. The summed E-state index contributed by atoms with van der Waals surface area (Å²) >= 11 is 6.19. The predicted molar refractivity (Wildman–Crippen MR) is 147 cm³/mol. The van der Waals surface area contributed by atoms with Crippen LogP contribution in [0, 0.1) is 0 Å². The maximum Gasteiger partial charge on any atom is 0.249 e. The Morgan fingerprint density at radius 3 is 2.59 bits per heavy atom. The molecule has 3 aromatic carbocycles. The first-order valence-corrected chi connectivity index (χ1v) is 13.5. The Balaban J connectivity index is 1.42. The molecule has 39 heavy (non-hydrogen) atoms. The number of anilines is 1. The van der Waals surface area contributed by atoms with Crippen LogP contribution in [0.2, 0.25) is 5.02 Å². The number of benzene rings is 3. The lowest BCUT2D eigenvalue weighted by molar-refractivity contribution is -0.127. The second kappa shape index (κ2) is 10.9. The maximum absolute atomic E-state index is 14.2. The molecular formula is C29H28ClN5O4. The Labute approximate surface area is 230 Å². The molecule has 0 unspecified atom stereocenters. The van der Waals surface area contributed by atoms with Crippen molar-refractivity contribution < 1.29 is 19.1 Å². The normalized spacial score (nSPS) is 15.7. The molecule has 1 atom stereocenters. The first kappa shape index (κ1) is 25.2. The largest absolute Gasteiger partial charge is 0.454 e. The first-order valence-electron chi connectivity index (χ1n) is 13.1. The van der Waals surface area contributed by atoms with Crippen molar-refractivity contribution in [1.29, 1.82) is 0 Å². The van der Waals surface area contributed by atoms with Crippen molar-refractivity contribution >= 4 is 40.1 Å². The van der Waals surface area contributed by atoms with E-state index in [0.717, 1.165) is 31.2 Å². The van der Waals surface area contributed by atoms with Gasteiger partial charge in [0.25, 0.3) is 0 Å². The first-order chi connectivity index (χ1) is 19.1. The number of nitrogens with one attached hydrogen (secondary N) is 1. The van der Waals surface area contributed by atoms with E-state index in [1.807, 2.05) is 24.3 Å². The Kier molecular flexibility index (Phi) is 7.06. The number of halogens is 1. The smallest absolute Gasteiger partial charge is 0.249 e. The summed E-state index contributed by atoms with van der Waals surface area (Å²) in [6.07, 6.45) is 5.14. The molecule has 9 nitrogen and oxygen atoms in total. The van der Waals surface area contributed by atoms with E-state index in [1.165, 1.54) is 11.3 Å². The van der Waals surface area contributed by atoms with Crippen LogP contribution in [0.1, 0.15) is 43.7 Å². The quantitative estimate of drug-likeness (QED) is 0.349. The average molecular weight is 546 g/mol. The number of carbonyl (C=O) groups is 2. The van der Waals surface area contributed by atoms with Gasteiger partial charge in [0, 0.05) is 22.8 Å². The molecule has 1 N–H and O–H groups in total. The Morgan fingerprint density at radius 2 is 1.77 bits per heavy atom. The predicted octanol–water partition coefficient (Wildman–Crippen LogP) is 5.04. The molecule has 1 aliphatic carbocycles. The highest BCUT2D eigenvalue weighted by molar-refractivity contribution is 6.30. The third kappa shape index (κ3) is 5.27. The van der Waals surface area contributed by atoms with Gasteiger partial charge >= 0.3 is 0 Å². The van der Waals surface area contributed by atoms with E-state index in [2.05, 4.69) is 15.6 Å². The molecule has 4 aromatic rings. The van der Waals surface area contributed by atoms with Crippen molar-refractivity contribution in [3.63, 3.8) is 0 Å². The average Bonchev–Trinajstić information content (AvgIpc) is 3.59. The minimum atomic E-state index is -0.952. The molecule has 2 amide bonds. The zero-order valence-electron chi connectivity index (χ0n) is 21.3. The molecule has 1 fully saturated rings. The van der Waals surface area contributed by atoms with Crippen LogP contribution < -0.4 is 19.7 Å². The molecule has 1 saturated carbocycles. The summed E-state index contributed by atoms with van der Waals surface area (Å²) in [4.78, 5) is 29.7. The number of ether oxygens (including phenoxy) is 2. The van der Waals surface area contributed by atoms with Gasteiger partial charge in [-0.3, -0.25) is 14.5 Å². The van der Waals surface area contributed by atoms with Crippen LogP contribution in [0.25, 0.3) is 11.0 Å². The molecule has 6 rings (SSSR count). The fraction of sp³-hybridized carbons (Fsp3) is 0.310. The lowest BCUT2D eigenvalue weighted by Gasteiger charge is -2.33.